The van der Waals surface area contributed by atoms with Crippen molar-refractivity contribution in [2.24, 2.45) is 0 Å². The minimum absolute atomic E-state index is 0.0415. The number of nitrogens with one attached hydrogen (secondary N) is 2. The number of hydrogen-bond acceptors (Lipinski definition) is 4. The molecule has 102 valence electrons. The zero-order chi connectivity index (χ0) is 14.5. The van der Waals surface area contributed by atoms with E-state index in [1.807, 2.05) is 0 Å². The van der Waals surface area contributed by atoms with Crippen LogP contribution in [0.2, 0.25) is 0 Å². The molecule has 0 atom stereocenters. The van der Waals surface area contributed by atoms with Crippen LogP contribution in [0.5, 0.6) is 0 Å². The van der Waals surface area contributed by atoms with Gasteiger partial charge in [-0.2, -0.15) is 0 Å². The lowest BCUT2D eigenvalue weighted by Crippen LogP contribution is -2.21. The van der Waals surface area contributed by atoms with Crippen LogP contribution in [0, 0.1) is 5.82 Å². The monoisotopic (exact) mass is 276 g/mol. The quantitative estimate of drug-likeness (QED) is 0.794. The molecule has 0 fully saturated rings. The van der Waals surface area contributed by atoms with Crippen LogP contribution in [-0.2, 0) is 0 Å². The Morgan fingerprint density at radius 3 is 2.50 bits per heavy atom. The van der Waals surface area contributed by atoms with Gasteiger partial charge in [0.1, 0.15) is 5.82 Å². The van der Waals surface area contributed by atoms with Gasteiger partial charge in [-0.25, -0.2) is 23.9 Å². The molecule has 0 aliphatic carbocycles. The van der Waals surface area contributed by atoms with Gasteiger partial charge in [-0.05, 0) is 24.3 Å². The minimum Gasteiger partial charge on any atom is -0.478 e. The Morgan fingerprint density at radius 1 is 1.15 bits per heavy atom. The van der Waals surface area contributed by atoms with Crippen LogP contribution >= 0.6 is 0 Å². The zero-order valence-electron chi connectivity index (χ0n) is 10.0. The van der Waals surface area contributed by atoms with Crippen LogP contribution in [0.25, 0.3) is 0 Å². The third-order valence-electron chi connectivity index (χ3n) is 2.25. The fourth-order valence-corrected chi connectivity index (χ4v) is 1.37. The Bertz CT molecular complexity index is 648. The van der Waals surface area contributed by atoms with E-state index < -0.39 is 17.8 Å². The first-order valence-corrected chi connectivity index (χ1v) is 5.44. The standard InChI is InChI=1S/C12H9FN4O3/c13-8-3-2-7(10(18)19)6-9(8)16-12(20)17-11-14-4-1-5-15-11/h1-6H,(H,18,19)(H2,14,15,16,17,20). The zero-order valence-corrected chi connectivity index (χ0v) is 10.0. The first kappa shape index (κ1) is 13.4. The highest BCUT2D eigenvalue weighted by molar-refractivity contribution is 5.99. The highest BCUT2D eigenvalue weighted by Crippen LogP contribution is 2.16. The average Bonchev–Trinajstić information content (AvgIpc) is 2.42. The van der Waals surface area contributed by atoms with Crippen molar-refractivity contribution in [2.75, 3.05) is 10.6 Å². The smallest absolute Gasteiger partial charge is 0.335 e. The van der Waals surface area contributed by atoms with Gasteiger partial charge in [-0.1, -0.05) is 0 Å². The second-order valence-corrected chi connectivity index (χ2v) is 3.65. The molecule has 1 heterocycles. The lowest BCUT2D eigenvalue weighted by Gasteiger charge is -2.07. The number of amides is 2. The van der Waals surface area contributed by atoms with Gasteiger partial charge in [0.2, 0.25) is 5.95 Å². The van der Waals surface area contributed by atoms with E-state index in [1.165, 1.54) is 12.4 Å². The van der Waals surface area contributed by atoms with Crippen molar-refractivity contribution >= 4 is 23.6 Å². The number of aromatic nitrogens is 2. The predicted octanol–water partition coefficient (Wildman–Crippen LogP) is 1.96. The molecule has 1 aromatic heterocycles. The molecular weight excluding hydrogens is 267 g/mol. The van der Waals surface area contributed by atoms with Gasteiger partial charge in [0, 0.05) is 12.4 Å². The largest absolute Gasteiger partial charge is 0.478 e. The molecule has 0 aliphatic heterocycles. The molecule has 8 heteroatoms. The molecule has 0 bridgehead atoms. The molecular formula is C12H9FN4O3. The highest BCUT2D eigenvalue weighted by Gasteiger charge is 2.11. The number of carboxylic acid groups (broad SMARTS) is 1. The summed E-state index contributed by atoms with van der Waals surface area (Å²) in [5, 5.41) is 13.3. The molecule has 2 aromatic rings. The minimum atomic E-state index is -1.22. The molecule has 0 aliphatic rings. The molecule has 7 nitrogen and oxygen atoms in total. The van der Waals surface area contributed by atoms with E-state index >= 15 is 0 Å². The van der Waals surface area contributed by atoms with Crippen LogP contribution < -0.4 is 10.6 Å². The second-order valence-electron chi connectivity index (χ2n) is 3.65. The van der Waals surface area contributed by atoms with Gasteiger partial charge in [-0.3, -0.25) is 5.32 Å². The molecule has 0 radical (unpaired) electrons. The second kappa shape index (κ2) is 5.74. The van der Waals surface area contributed by atoms with E-state index in [4.69, 9.17) is 5.11 Å². The van der Waals surface area contributed by atoms with Crippen molar-refractivity contribution in [3.05, 3.63) is 48.0 Å². The van der Waals surface area contributed by atoms with Gasteiger partial charge < -0.3 is 10.4 Å². The van der Waals surface area contributed by atoms with Crippen LogP contribution in [0.3, 0.4) is 0 Å². The Hall–Kier alpha value is -3.03. The van der Waals surface area contributed by atoms with Crippen molar-refractivity contribution < 1.29 is 19.1 Å². The first-order valence-electron chi connectivity index (χ1n) is 5.44. The number of benzene rings is 1. The van der Waals surface area contributed by atoms with Crippen molar-refractivity contribution in [3.8, 4) is 0 Å². The van der Waals surface area contributed by atoms with Gasteiger partial charge in [0.05, 0.1) is 11.3 Å². The Labute approximate surface area is 112 Å². The third kappa shape index (κ3) is 3.25. The number of rotatable bonds is 3. The molecule has 0 saturated heterocycles. The number of carboxylic acids is 1. The van der Waals surface area contributed by atoms with Crippen LogP contribution in [0.4, 0.5) is 20.8 Å². The van der Waals surface area contributed by atoms with Crippen LogP contribution in [0.1, 0.15) is 10.4 Å². The molecule has 0 spiro atoms. The summed E-state index contributed by atoms with van der Waals surface area (Å²) in [7, 11) is 0. The topological polar surface area (TPSA) is 104 Å². The van der Waals surface area contributed by atoms with Crippen LogP contribution in [0.15, 0.2) is 36.7 Å². The van der Waals surface area contributed by atoms with Gasteiger partial charge in [0.25, 0.3) is 0 Å². The number of aromatic carboxylic acids is 1. The summed E-state index contributed by atoms with van der Waals surface area (Å²) >= 11 is 0. The summed E-state index contributed by atoms with van der Waals surface area (Å²) in [4.78, 5) is 29.9. The van der Waals surface area contributed by atoms with Crippen molar-refractivity contribution in [3.63, 3.8) is 0 Å². The number of nitrogens with zero attached hydrogens (tertiary/aromatic N) is 2. The summed E-state index contributed by atoms with van der Waals surface area (Å²) in [5.74, 6) is -1.93. The van der Waals surface area contributed by atoms with Crippen molar-refractivity contribution in [1.82, 2.24) is 9.97 Å². The van der Waals surface area contributed by atoms with E-state index in [-0.39, 0.29) is 17.2 Å². The number of halogens is 1. The van der Waals surface area contributed by atoms with E-state index in [0.29, 0.717) is 0 Å². The summed E-state index contributed by atoms with van der Waals surface area (Å²) in [6.45, 7) is 0. The molecule has 0 saturated carbocycles. The third-order valence-corrected chi connectivity index (χ3v) is 2.25. The lowest BCUT2D eigenvalue weighted by molar-refractivity contribution is 0.0697. The summed E-state index contributed by atoms with van der Waals surface area (Å²) < 4.78 is 13.5. The molecule has 3 N–H and O–H groups in total. The fraction of sp³-hybridized carbons (Fsp3) is 0. The maximum absolute atomic E-state index is 13.5. The Morgan fingerprint density at radius 2 is 1.85 bits per heavy atom. The summed E-state index contributed by atoms with van der Waals surface area (Å²) in [6.07, 6.45) is 2.85. The fourth-order valence-electron chi connectivity index (χ4n) is 1.37. The Kier molecular flexibility index (Phi) is 3.85. The maximum Gasteiger partial charge on any atom is 0.335 e. The molecule has 0 unspecified atom stereocenters. The molecule has 1 aromatic carbocycles. The van der Waals surface area contributed by atoms with E-state index in [0.717, 1.165) is 18.2 Å². The summed E-state index contributed by atoms with van der Waals surface area (Å²) in [6, 6.07) is 3.86. The van der Waals surface area contributed by atoms with Crippen molar-refractivity contribution in [1.29, 1.82) is 0 Å². The van der Waals surface area contributed by atoms with Gasteiger partial charge >= 0.3 is 12.0 Å². The van der Waals surface area contributed by atoms with E-state index in [1.54, 1.807) is 6.07 Å². The van der Waals surface area contributed by atoms with Crippen LogP contribution in [-0.4, -0.2) is 27.1 Å². The average molecular weight is 276 g/mol. The lowest BCUT2D eigenvalue weighted by atomic mass is 10.2. The number of carbonyl (C=O) groups is 2. The first-order chi connectivity index (χ1) is 9.56. The van der Waals surface area contributed by atoms with Gasteiger partial charge in [-0.15, -0.1) is 0 Å². The maximum atomic E-state index is 13.5. The Balaban J connectivity index is 2.11. The number of anilines is 2. The summed E-state index contributed by atoms with van der Waals surface area (Å²) in [5.41, 5.74) is -0.393. The number of urea groups is 1. The molecule has 2 amide bonds. The molecule has 20 heavy (non-hydrogen) atoms. The SMILES string of the molecule is O=C(Nc1ncccn1)Nc1cc(C(=O)O)ccc1F. The predicted molar refractivity (Wildman–Crippen MR) is 68.0 cm³/mol. The van der Waals surface area contributed by atoms with E-state index in [9.17, 15) is 14.0 Å². The number of hydrogen-bond donors (Lipinski definition) is 3. The molecule has 2 rings (SSSR count). The number of carbonyl (C=O) groups excluding carboxylic acids is 1. The van der Waals surface area contributed by atoms with Crippen molar-refractivity contribution in [2.45, 2.75) is 0 Å². The normalized spacial score (nSPS) is 9.85. The highest BCUT2D eigenvalue weighted by atomic mass is 19.1. The van der Waals surface area contributed by atoms with E-state index in [2.05, 4.69) is 20.6 Å². The van der Waals surface area contributed by atoms with Gasteiger partial charge in [0.15, 0.2) is 0 Å².